The maximum Gasteiger partial charge on any atom is 0.416 e. The summed E-state index contributed by atoms with van der Waals surface area (Å²) in [6.45, 7) is 3.78. The summed E-state index contributed by atoms with van der Waals surface area (Å²) < 4.78 is 91.9. The third-order valence-electron chi connectivity index (χ3n) is 6.77. The lowest BCUT2D eigenvalue weighted by molar-refractivity contribution is -0.143. The van der Waals surface area contributed by atoms with E-state index in [1.165, 1.54) is 18.2 Å². The Morgan fingerprint density at radius 2 is 1.74 bits per heavy atom. The molecule has 0 radical (unpaired) electrons. The number of hydrogen-bond donors (Lipinski definition) is 1. The van der Waals surface area contributed by atoms with Crippen molar-refractivity contribution >= 4 is 33.5 Å². The largest absolute Gasteiger partial charge is 0.481 e. The van der Waals surface area contributed by atoms with Gasteiger partial charge in [-0.2, -0.15) is 26.3 Å². The maximum absolute atomic E-state index is 13.5. The molecule has 0 unspecified atom stereocenters. The summed E-state index contributed by atoms with van der Waals surface area (Å²) in [7, 11) is 1.44. The molecule has 1 amide bonds. The molecule has 7 nitrogen and oxygen atoms in total. The Kier molecular flexibility index (Phi) is 9.24. The summed E-state index contributed by atoms with van der Waals surface area (Å²) in [4.78, 5) is 23.4. The zero-order chi connectivity index (χ0) is 30.8. The first-order valence-corrected chi connectivity index (χ1v) is 13.7. The van der Waals surface area contributed by atoms with Crippen molar-refractivity contribution in [1.29, 1.82) is 0 Å². The second-order valence-corrected chi connectivity index (χ2v) is 10.5. The fourth-order valence-corrected chi connectivity index (χ4v) is 5.26. The Bertz CT molecular complexity index is 1420. The van der Waals surface area contributed by atoms with Crippen LogP contribution in [0.25, 0.3) is 0 Å². The maximum atomic E-state index is 13.5. The number of nitrogens with one attached hydrogen (secondary N) is 1. The van der Waals surface area contributed by atoms with E-state index >= 15 is 0 Å². The second kappa shape index (κ2) is 12.4. The lowest BCUT2D eigenvalue weighted by Crippen LogP contribution is -2.46. The van der Waals surface area contributed by atoms with Crippen LogP contribution in [0, 0.1) is 0 Å². The Morgan fingerprint density at radius 3 is 2.31 bits per heavy atom. The summed E-state index contributed by atoms with van der Waals surface area (Å²) in [5.41, 5.74) is -1.71. The lowest BCUT2D eigenvalue weighted by Gasteiger charge is -2.39. The number of anilines is 2. The van der Waals surface area contributed by atoms with Crippen LogP contribution in [0.2, 0.25) is 0 Å². The van der Waals surface area contributed by atoms with E-state index in [1.54, 1.807) is 25.1 Å². The van der Waals surface area contributed by atoms with Crippen molar-refractivity contribution < 1.29 is 40.6 Å². The van der Waals surface area contributed by atoms with Crippen molar-refractivity contribution in [3.8, 4) is 5.88 Å². The van der Waals surface area contributed by atoms with E-state index in [9.17, 15) is 31.1 Å². The number of aromatic nitrogens is 2. The Morgan fingerprint density at radius 1 is 1.07 bits per heavy atom. The molecule has 226 valence electrons. The molecular weight excluding hydrogens is 634 g/mol. The molecule has 3 aromatic rings. The Balaban J connectivity index is 1.76. The predicted molar refractivity (Wildman–Crippen MR) is 147 cm³/mol. The SMILES string of the molecule is CCOC(=O)N1c2ccc(OC)nc2[C@@H](Nc2ncc(Br)cc2Cc2cc(C(F)(F)F)cc(C(F)(F)F)c2)C[C@H]1CC. The van der Waals surface area contributed by atoms with Crippen molar-refractivity contribution in [1.82, 2.24) is 9.97 Å². The van der Waals surface area contributed by atoms with Crippen LogP contribution >= 0.6 is 15.9 Å². The van der Waals surface area contributed by atoms with Crippen LogP contribution in [-0.2, 0) is 23.5 Å². The van der Waals surface area contributed by atoms with E-state index in [0.717, 1.165) is 0 Å². The first-order valence-electron chi connectivity index (χ1n) is 12.9. The van der Waals surface area contributed by atoms with E-state index in [1.807, 2.05) is 6.92 Å². The minimum atomic E-state index is -4.97. The van der Waals surface area contributed by atoms with Gasteiger partial charge < -0.3 is 14.8 Å². The van der Waals surface area contributed by atoms with E-state index in [-0.39, 0.29) is 42.4 Å². The molecule has 42 heavy (non-hydrogen) atoms. The Labute approximate surface area is 246 Å². The fourth-order valence-electron chi connectivity index (χ4n) is 4.88. The molecule has 0 spiro atoms. The van der Waals surface area contributed by atoms with Gasteiger partial charge in [0.2, 0.25) is 5.88 Å². The molecule has 3 heterocycles. The Hall–Kier alpha value is -3.55. The summed E-state index contributed by atoms with van der Waals surface area (Å²) in [5, 5.41) is 3.28. The third kappa shape index (κ3) is 6.90. The number of fused-ring (bicyclic) bond motifs is 1. The van der Waals surface area contributed by atoms with Crippen LogP contribution in [0.15, 0.2) is 47.1 Å². The number of pyridine rings is 2. The van der Waals surface area contributed by atoms with E-state index in [0.29, 0.717) is 46.4 Å². The summed E-state index contributed by atoms with van der Waals surface area (Å²) >= 11 is 3.29. The molecule has 1 N–H and O–H groups in total. The highest BCUT2D eigenvalue weighted by molar-refractivity contribution is 9.10. The van der Waals surface area contributed by atoms with Gasteiger partial charge in [-0.25, -0.2) is 14.8 Å². The summed E-state index contributed by atoms with van der Waals surface area (Å²) in [6, 6.07) is 5.53. The third-order valence-corrected chi connectivity index (χ3v) is 7.20. The van der Waals surface area contributed by atoms with E-state index in [4.69, 9.17) is 9.47 Å². The molecule has 0 bridgehead atoms. The normalized spacial score (nSPS) is 17.0. The molecule has 1 aliphatic rings. The second-order valence-electron chi connectivity index (χ2n) is 9.57. The number of ether oxygens (including phenoxy) is 2. The number of carbonyl (C=O) groups is 1. The fraction of sp³-hybridized carbons (Fsp3) is 0.393. The average molecular weight is 661 g/mol. The average Bonchev–Trinajstić information content (AvgIpc) is 2.92. The molecule has 0 saturated carbocycles. The molecule has 4 rings (SSSR count). The molecule has 0 fully saturated rings. The van der Waals surface area contributed by atoms with Crippen molar-refractivity contribution in [2.75, 3.05) is 23.9 Å². The van der Waals surface area contributed by atoms with Gasteiger partial charge in [-0.15, -0.1) is 0 Å². The number of hydrogen-bond acceptors (Lipinski definition) is 6. The topological polar surface area (TPSA) is 76.6 Å². The first-order chi connectivity index (χ1) is 19.7. The number of alkyl halides is 6. The molecule has 2 aromatic heterocycles. The van der Waals surface area contributed by atoms with Gasteiger partial charge >= 0.3 is 18.4 Å². The molecule has 0 saturated heterocycles. The van der Waals surface area contributed by atoms with Gasteiger partial charge in [0.05, 0.1) is 42.3 Å². The van der Waals surface area contributed by atoms with Crippen molar-refractivity contribution in [2.24, 2.45) is 0 Å². The van der Waals surface area contributed by atoms with Gasteiger partial charge in [0, 0.05) is 29.2 Å². The van der Waals surface area contributed by atoms with Crippen LogP contribution in [0.5, 0.6) is 5.88 Å². The van der Waals surface area contributed by atoms with Crippen LogP contribution in [-0.4, -0.2) is 35.8 Å². The molecule has 1 aliphatic heterocycles. The highest BCUT2D eigenvalue weighted by Crippen LogP contribution is 2.41. The van der Waals surface area contributed by atoms with Crippen LogP contribution in [0.4, 0.5) is 42.6 Å². The highest BCUT2D eigenvalue weighted by Gasteiger charge is 2.39. The summed E-state index contributed by atoms with van der Waals surface area (Å²) in [6.07, 6.45) is -8.37. The number of rotatable bonds is 7. The van der Waals surface area contributed by atoms with Crippen molar-refractivity contribution in [2.45, 2.75) is 57.5 Å². The van der Waals surface area contributed by atoms with Gasteiger partial charge in [-0.1, -0.05) is 6.92 Å². The molecule has 14 heteroatoms. The zero-order valence-corrected chi connectivity index (χ0v) is 24.3. The van der Waals surface area contributed by atoms with Gasteiger partial charge in [-0.05, 0) is 77.2 Å². The standard InChI is InChI=1S/C28H27BrF6N4O3/c1-4-20-13-21(24-22(6-7-23(38-24)41-3)39(20)26(40)42-5-2)37-25-16(11-19(29)14-36-25)8-15-9-17(27(30,31)32)12-18(10-15)28(33,34)35/h6-7,9-12,14,20-21H,4-5,8,13H2,1-3H3,(H,36,37)/t20-,21+/m1/s1. The number of halogens is 7. The molecule has 1 aromatic carbocycles. The smallest absolute Gasteiger partial charge is 0.416 e. The first kappa shape index (κ1) is 31.4. The number of benzene rings is 1. The number of nitrogens with zero attached hydrogens (tertiary/aromatic N) is 3. The lowest BCUT2D eigenvalue weighted by atomic mass is 9.93. The van der Waals surface area contributed by atoms with Gasteiger partial charge in [-0.3, -0.25) is 4.90 Å². The van der Waals surface area contributed by atoms with Crippen LogP contribution < -0.4 is 15.0 Å². The highest BCUT2D eigenvalue weighted by atomic mass is 79.9. The minimum Gasteiger partial charge on any atom is -0.481 e. The van der Waals surface area contributed by atoms with Crippen molar-refractivity contribution in [3.63, 3.8) is 0 Å². The summed E-state index contributed by atoms with van der Waals surface area (Å²) in [5.74, 6) is 0.524. The van der Waals surface area contributed by atoms with Crippen LogP contribution in [0.3, 0.4) is 0 Å². The predicted octanol–water partition coefficient (Wildman–Crippen LogP) is 8.17. The van der Waals surface area contributed by atoms with E-state index in [2.05, 4.69) is 31.2 Å². The number of methoxy groups -OCH3 is 1. The molecule has 0 aliphatic carbocycles. The van der Waals surface area contributed by atoms with Crippen molar-refractivity contribution in [3.05, 3.63) is 75.0 Å². The zero-order valence-electron chi connectivity index (χ0n) is 22.7. The van der Waals surface area contributed by atoms with Gasteiger partial charge in [0.25, 0.3) is 0 Å². The molecule has 2 atom stereocenters. The number of amides is 1. The quantitative estimate of drug-likeness (QED) is 0.258. The van der Waals surface area contributed by atoms with E-state index < -0.39 is 35.6 Å². The minimum absolute atomic E-state index is 0.0972. The van der Waals surface area contributed by atoms with Gasteiger partial charge in [0.1, 0.15) is 5.82 Å². The molecular formula is C28H27BrF6N4O3. The van der Waals surface area contributed by atoms with Gasteiger partial charge in [0.15, 0.2) is 0 Å². The number of carbonyl (C=O) groups excluding carboxylic acids is 1. The van der Waals surface area contributed by atoms with Crippen LogP contribution in [0.1, 0.15) is 60.7 Å². The monoisotopic (exact) mass is 660 g/mol.